The molecule has 0 spiro atoms. The van der Waals surface area contributed by atoms with E-state index in [0.29, 0.717) is 12.4 Å². The molecule has 2 aromatic rings. The van der Waals surface area contributed by atoms with Crippen LogP contribution < -0.4 is 10.1 Å². The summed E-state index contributed by atoms with van der Waals surface area (Å²) in [7, 11) is 0. The lowest BCUT2D eigenvalue weighted by Gasteiger charge is -2.08. The fourth-order valence-electron chi connectivity index (χ4n) is 1.63. The van der Waals surface area contributed by atoms with Crippen LogP contribution in [0.25, 0.3) is 0 Å². The average Bonchev–Trinajstić information content (AvgIpc) is 2.57. The van der Waals surface area contributed by atoms with Gasteiger partial charge in [-0.25, -0.2) is 9.97 Å². The van der Waals surface area contributed by atoms with Gasteiger partial charge in [0.15, 0.2) is 5.16 Å². The standard InChI is InChI=1S/C15H14F3N3O2S/c16-15(17,18)12-6-7-20-14(21-12)24-10-13(22)19-8-9-23-11-4-2-1-3-5-11/h1-7H,8-10H2,(H,19,22). The normalized spacial score (nSPS) is 11.1. The molecule has 0 unspecified atom stereocenters. The Morgan fingerprint density at radius 2 is 1.96 bits per heavy atom. The van der Waals surface area contributed by atoms with Crippen LogP contribution in [-0.4, -0.2) is 34.8 Å². The summed E-state index contributed by atoms with van der Waals surface area (Å²) in [4.78, 5) is 18.7. The van der Waals surface area contributed by atoms with E-state index in [1.54, 1.807) is 12.1 Å². The number of para-hydroxylation sites is 1. The lowest BCUT2D eigenvalue weighted by atomic mass is 10.3. The van der Waals surface area contributed by atoms with Crippen LogP contribution in [0.2, 0.25) is 0 Å². The van der Waals surface area contributed by atoms with Gasteiger partial charge in [0.2, 0.25) is 5.91 Å². The fraction of sp³-hybridized carbons (Fsp3) is 0.267. The molecular weight excluding hydrogens is 343 g/mol. The van der Waals surface area contributed by atoms with Crippen molar-refractivity contribution in [2.45, 2.75) is 11.3 Å². The molecule has 0 atom stereocenters. The second kappa shape index (κ2) is 8.53. The average molecular weight is 357 g/mol. The Morgan fingerprint density at radius 1 is 1.21 bits per heavy atom. The number of rotatable bonds is 7. The maximum atomic E-state index is 12.5. The number of nitrogens with zero attached hydrogens (tertiary/aromatic N) is 2. The Hall–Kier alpha value is -2.29. The number of thioether (sulfide) groups is 1. The van der Waals surface area contributed by atoms with Crippen LogP contribution in [-0.2, 0) is 11.0 Å². The first-order valence-corrected chi connectivity index (χ1v) is 7.91. The Morgan fingerprint density at radius 3 is 2.67 bits per heavy atom. The third-order valence-electron chi connectivity index (χ3n) is 2.69. The monoisotopic (exact) mass is 357 g/mol. The minimum atomic E-state index is -4.53. The van der Waals surface area contributed by atoms with Crippen LogP contribution in [0.3, 0.4) is 0 Å². The van der Waals surface area contributed by atoms with Crippen molar-refractivity contribution < 1.29 is 22.7 Å². The smallest absolute Gasteiger partial charge is 0.433 e. The maximum absolute atomic E-state index is 12.5. The zero-order chi connectivity index (χ0) is 17.4. The van der Waals surface area contributed by atoms with Crippen molar-refractivity contribution in [1.82, 2.24) is 15.3 Å². The third kappa shape index (κ3) is 6.07. The van der Waals surface area contributed by atoms with E-state index in [4.69, 9.17) is 4.74 Å². The molecule has 0 radical (unpaired) electrons. The first-order chi connectivity index (χ1) is 11.4. The van der Waals surface area contributed by atoms with Gasteiger partial charge in [-0.15, -0.1) is 0 Å². The summed E-state index contributed by atoms with van der Waals surface area (Å²) in [6, 6.07) is 9.90. The van der Waals surface area contributed by atoms with Crippen molar-refractivity contribution in [3.05, 3.63) is 48.3 Å². The molecule has 5 nitrogen and oxygen atoms in total. The van der Waals surface area contributed by atoms with E-state index >= 15 is 0 Å². The van der Waals surface area contributed by atoms with Crippen molar-refractivity contribution in [3.63, 3.8) is 0 Å². The highest BCUT2D eigenvalue weighted by Gasteiger charge is 2.32. The Balaban J connectivity index is 1.70. The predicted octanol–water partition coefficient (Wildman–Crippen LogP) is 2.78. The van der Waals surface area contributed by atoms with Gasteiger partial charge in [0.1, 0.15) is 18.1 Å². The predicted molar refractivity (Wildman–Crippen MR) is 82.7 cm³/mol. The van der Waals surface area contributed by atoms with E-state index < -0.39 is 11.9 Å². The summed E-state index contributed by atoms with van der Waals surface area (Å²) in [6.45, 7) is 0.582. The van der Waals surface area contributed by atoms with E-state index in [1.807, 2.05) is 18.2 Å². The van der Waals surface area contributed by atoms with Crippen LogP contribution in [0.4, 0.5) is 13.2 Å². The van der Waals surface area contributed by atoms with E-state index in [9.17, 15) is 18.0 Å². The molecule has 1 amide bonds. The molecule has 1 N–H and O–H groups in total. The molecule has 1 aromatic heterocycles. The van der Waals surface area contributed by atoms with Gasteiger partial charge in [-0.3, -0.25) is 4.79 Å². The first-order valence-electron chi connectivity index (χ1n) is 6.93. The molecular formula is C15H14F3N3O2S. The third-order valence-corrected chi connectivity index (χ3v) is 3.55. The molecule has 0 saturated heterocycles. The van der Waals surface area contributed by atoms with Crippen LogP contribution in [0.5, 0.6) is 5.75 Å². The minimum absolute atomic E-state index is 0.0767. The second-order valence-electron chi connectivity index (χ2n) is 4.52. The Bertz CT molecular complexity index is 669. The first kappa shape index (κ1) is 18.1. The van der Waals surface area contributed by atoms with Crippen LogP contribution in [0.15, 0.2) is 47.8 Å². The number of ether oxygens (including phenoxy) is 1. The van der Waals surface area contributed by atoms with Crippen LogP contribution in [0.1, 0.15) is 5.69 Å². The highest BCUT2D eigenvalue weighted by molar-refractivity contribution is 7.99. The quantitative estimate of drug-likeness (QED) is 0.469. The highest BCUT2D eigenvalue weighted by atomic mass is 32.2. The number of halogens is 3. The summed E-state index contributed by atoms with van der Waals surface area (Å²) in [5.41, 5.74) is -1.03. The molecule has 2 rings (SSSR count). The molecule has 0 bridgehead atoms. The molecule has 0 fully saturated rings. The van der Waals surface area contributed by atoms with Gasteiger partial charge in [0.05, 0.1) is 12.3 Å². The molecule has 0 aliphatic rings. The summed E-state index contributed by atoms with van der Waals surface area (Å²) in [5, 5.41) is 2.51. The minimum Gasteiger partial charge on any atom is -0.492 e. The number of aromatic nitrogens is 2. The van der Waals surface area contributed by atoms with Crippen molar-refractivity contribution >= 4 is 17.7 Å². The molecule has 0 aliphatic heterocycles. The number of amides is 1. The molecule has 1 aromatic carbocycles. The number of benzene rings is 1. The summed E-state index contributed by atoms with van der Waals surface area (Å²) >= 11 is 0.838. The van der Waals surface area contributed by atoms with Gasteiger partial charge in [-0.1, -0.05) is 30.0 Å². The number of carbonyl (C=O) groups excluding carboxylic acids is 1. The summed E-state index contributed by atoms with van der Waals surface area (Å²) in [5.74, 6) is 0.281. The molecule has 24 heavy (non-hydrogen) atoms. The van der Waals surface area contributed by atoms with E-state index in [1.165, 1.54) is 0 Å². The van der Waals surface area contributed by atoms with Gasteiger partial charge in [0.25, 0.3) is 0 Å². The van der Waals surface area contributed by atoms with E-state index in [-0.39, 0.29) is 23.4 Å². The Kier molecular flexibility index (Phi) is 6.42. The molecule has 0 aliphatic carbocycles. The number of carbonyl (C=O) groups is 1. The van der Waals surface area contributed by atoms with Crippen molar-refractivity contribution in [1.29, 1.82) is 0 Å². The number of hydrogen-bond acceptors (Lipinski definition) is 5. The van der Waals surface area contributed by atoms with E-state index in [0.717, 1.165) is 24.0 Å². The lowest BCUT2D eigenvalue weighted by Crippen LogP contribution is -2.29. The van der Waals surface area contributed by atoms with Gasteiger partial charge in [0, 0.05) is 6.20 Å². The van der Waals surface area contributed by atoms with Crippen molar-refractivity contribution in [2.24, 2.45) is 0 Å². The van der Waals surface area contributed by atoms with Gasteiger partial charge >= 0.3 is 6.18 Å². The SMILES string of the molecule is O=C(CSc1nccc(C(F)(F)F)n1)NCCOc1ccccc1. The summed E-state index contributed by atoms with van der Waals surface area (Å²) < 4.78 is 43.0. The molecule has 9 heteroatoms. The van der Waals surface area contributed by atoms with Gasteiger partial charge < -0.3 is 10.1 Å². The zero-order valence-electron chi connectivity index (χ0n) is 12.4. The topological polar surface area (TPSA) is 64.1 Å². The Labute approximate surface area is 140 Å². The summed E-state index contributed by atoms with van der Waals surface area (Å²) in [6.07, 6.45) is -3.51. The fourth-order valence-corrected chi connectivity index (χ4v) is 2.29. The van der Waals surface area contributed by atoms with Gasteiger partial charge in [-0.05, 0) is 18.2 Å². The molecule has 0 saturated carbocycles. The van der Waals surface area contributed by atoms with Crippen LogP contribution in [0, 0.1) is 0 Å². The number of hydrogen-bond donors (Lipinski definition) is 1. The van der Waals surface area contributed by atoms with Crippen LogP contribution >= 0.6 is 11.8 Å². The largest absolute Gasteiger partial charge is 0.492 e. The van der Waals surface area contributed by atoms with Crippen molar-refractivity contribution in [3.8, 4) is 5.75 Å². The maximum Gasteiger partial charge on any atom is 0.433 e. The van der Waals surface area contributed by atoms with Gasteiger partial charge in [-0.2, -0.15) is 13.2 Å². The second-order valence-corrected chi connectivity index (χ2v) is 5.46. The van der Waals surface area contributed by atoms with Crippen molar-refractivity contribution in [2.75, 3.05) is 18.9 Å². The molecule has 128 valence electrons. The zero-order valence-corrected chi connectivity index (χ0v) is 13.2. The van der Waals surface area contributed by atoms with E-state index in [2.05, 4.69) is 15.3 Å². The molecule has 1 heterocycles. The number of nitrogens with one attached hydrogen (secondary N) is 1. The lowest BCUT2D eigenvalue weighted by molar-refractivity contribution is -0.141. The highest BCUT2D eigenvalue weighted by Crippen LogP contribution is 2.28. The number of alkyl halides is 3.